The fourth-order valence-electron chi connectivity index (χ4n) is 2.22. The monoisotopic (exact) mass is 326 g/mol. The largest absolute Gasteiger partial charge is 0.339 e. The Morgan fingerprint density at radius 2 is 2.29 bits per heavy atom. The summed E-state index contributed by atoms with van der Waals surface area (Å²) >= 11 is 0. The minimum absolute atomic E-state index is 0.148. The van der Waals surface area contributed by atoms with Crippen molar-refractivity contribution >= 4 is 11.7 Å². The highest BCUT2D eigenvalue weighted by molar-refractivity contribution is 5.89. The molecule has 1 amide bonds. The van der Waals surface area contributed by atoms with Gasteiger partial charge in [-0.15, -0.1) is 0 Å². The van der Waals surface area contributed by atoms with Crippen molar-refractivity contribution in [3.63, 3.8) is 0 Å². The second-order valence-corrected chi connectivity index (χ2v) is 5.33. The lowest BCUT2D eigenvalue weighted by atomic mass is 10.2. The smallest absolute Gasteiger partial charge is 0.227 e. The molecule has 0 radical (unpaired) electrons. The van der Waals surface area contributed by atoms with E-state index in [0.29, 0.717) is 24.0 Å². The van der Waals surface area contributed by atoms with E-state index in [4.69, 9.17) is 4.52 Å². The van der Waals surface area contributed by atoms with E-state index in [9.17, 15) is 4.79 Å². The van der Waals surface area contributed by atoms with E-state index >= 15 is 0 Å². The number of amides is 1. The molecule has 0 atom stereocenters. The number of nitrogens with zero attached hydrogens (tertiary/aromatic N) is 4. The number of H-pyrrole nitrogens is 1. The van der Waals surface area contributed by atoms with Gasteiger partial charge < -0.3 is 9.84 Å². The van der Waals surface area contributed by atoms with Crippen molar-refractivity contribution in [1.29, 1.82) is 0 Å². The van der Waals surface area contributed by atoms with E-state index in [2.05, 4.69) is 37.6 Å². The zero-order valence-electron chi connectivity index (χ0n) is 13.3. The number of pyridine rings is 1. The summed E-state index contributed by atoms with van der Waals surface area (Å²) in [6.07, 6.45) is 5.87. The summed E-state index contributed by atoms with van der Waals surface area (Å²) in [5.74, 6) is 1.27. The molecule has 0 aromatic carbocycles. The number of carbonyl (C=O) groups is 1. The maximum Gasteiger partial charge on any atom is 0.227 e. The highest BCUT2D eigenvalue weighted by Gasteiger charge is 2.11. The van der Waals surface area contributed by atoms with Crippen LogP contribution in [-0.2, 0) is 17.6 Å². The summed E-state index contributed by atoms with van der Waals surface area (Å²) < 4.78 is 5.17. The van der Waals surface area contributed by atoms with Crippen LogP contribution in [0.3, 0.4) is 0 Å². The van der Waals surface area contributed by atoms with Crippen LogP contribution in [0.1, 0.15) is 31.4 Å². The van der Waals surface area contributed by atoms with Gasteiger partial charge in [-0.3, -0.25) is 14.9 Å². The first kappa shape index (κ1) is 15.9. The molecule has 0 spiro atoms. The fourth-order valence-corrected chi connectivity index (χ4v) is 2.22. The molecule has 0 bridgehead atoms. The van der Waals surface area contributed by atoms with Gasteiger partial charge in [0.05, 0.1) is 0 Å². The van der Waals surface area contributed by atoms with Crippen LogP contribution in [0.25, 0.3) is 11.4 Å². The third-order valence-corrected chi connectivity index (χ3v) is 3.37. The van der Waals surface area contributed by atoms with E-state index in [1.165, 1.54) is 0 Å². The van der Waals surface area contributed by atoms with Crippen LogP contribution in [-0.4, -0.2) is 31.2 Å². The average Bonchev–Trinajstić information content (AvgIpc) is 3.24. The van der Waals surface area contributed by atoms with E-state index in [1.54, 1.807) is 18.5 Å². The van der Waals surface area contributed by atoms with Gasteiger partial charge >= 0.3 is 0 Å². The van der Waals surface area contributed by atoms with Crippen molar-refractivity contribution in [3.05, 3.63) is 42.2 Å². The van der Waals surface area contributed by atoms with Crippen molar-refractivity contribution in [1.82, 2.24) is 25.3 Å². The van der Waals surface area contributed by atoms with Crippen molar-refractivity contribution in [2.45, 2.75) is 32.6 Å². The second-order valence-electron chi connectivity index (χ2n) is 5.33. The Morgan fingerprint density at radius 1 is 1.38 bits per heavy atom. The van der Waals surface area contributed by atoms with Gasteiger partial charge in [0.2, 0.25) is 17.6 Å². The van der Waals surface area contributed by atoms with Gasteiger partial charge in [0.15, 0.2) is 5.82 Å². The van der Waals surface area contributed by atoms with Crippen LogP contribution >= 0.6 is 0 Å². The highest BCUT2D eigenvalue weighted by atomic mass is 16.5. The molecule has 0 aliphatic heterocycles. The predicted octanol–water partition coefficient (Wildman–Crippen LogP) is 2.38. The Bertz CT molecular complexity index is 796. The molecular weight excluding hydrogens is 308 g/mol. The SMILES string of the molecule is CCCc1cc(NC(=O)CCc2nc(-c3cccnc3)no2)n[nH]1. The molecule has 0 aliphatic rings. The quantitative estimate of drug-likeness (QED) is 0.690. The second kappa shape index (κ2) is 7.49. The Labute approximate surface area is 138 Å². The van der Waals surface area contributed by atoms with Gasteiger partial charge in [0.1, 0.15) is 0 Å². The van der Waals surface area contributed by atoms with E-state index < -0.39 is 0 Å². The molecule has 0 aliphatic carbocycles. The number of nitrogens with one attached hydrogen (secondary N) is 2. The van der Waals surface area contributed by atoms with Gasteiger partial charge in [0.25, 0.3) is 0 Å². The summed E-state index contributed by atoms with van der Waals surface area (Å²) in [6, 6.07) is 5.49. The van der Waals surface area contributed by atoms with Crippen molar-refractivity contribution in [2.75, 3.05) is 5.32 Å². The maximum atomic E-state index is 12.0. The number of hydrogen-bond donors (Lipinski definition) is 2. The predicted molar refractivity (Wildman–Crippen MR) is 87.1 cm³/mol. The summed E-state index contributed by atoms with van der Waals surface area (Å²) in [7, 11) is 0. The minimum Gasteiger partial charge on any atom is -0.339 e. The van der Waals surface area contributed by atoms with Crippen molar-refractivity contribution in [3.8, 4) is 11.4 Å². The lowest BCUT2D eigenvalue weighted by Crippen LogP contribution is -2.12. The van der Waals surface area contributed by atoms with Gasteiger partial charge in [-0.1, -0.05) is 18.5 Å². The third kappa shape index (κ3) is 4.03. The van der Waals surface area contributed by atoms with Crippen LogP contribution in [0.2, 0.25) is 0 Å². The van der Waals surface area contributed by atoms with Gasteiger partial charge in [-0.2, -0.15) is 10.1 Å². The molecule has 3 rings (SSSR count). The fraction of sp³-hybridized carbons (Fsp3) is 0.312. The third-order valence-electron chi connectivity index (χ3n) is 3.37. The summed E-state index contributed by atoms with van der Waals surface area (Å²) in [5, 5.41) is 13.6. The van der Waals surface area contributed by atoms with Crippen LogP contribution in [0.5, 0.6) is 0 Å². The molecule has 0 unspecified atom stereocenters. The Balaban J connectivity index is 1.52. The van der Waals surface area contributed by atoms with Gasteiger partial charge in [-0.05, 0) is 18.6 Å². The summed E-state index contributed by atoms with van der Waals surface area (Å²) in [4.78, 5) is 20.2. The van der Waals surface area contributed by atoms with Gasteiger partial charge in [-0.25, -0.2) is 0 Å². The molecule has 124 valence electrons. The maximum absolute atomic E-state index is 12.0. The van der Waals surface area contributed by atoms with Crippen LogP contribution in [0.15, 0.2) is 35.1 Å². The molecule has 2 N–H and O–H groups in total. The number of rotatable bonds is 7. The normalized spacial score (nSPS) is 10.7. The number of aryl methyl sites for hydroxylation is 2. The lowest BCUT2D eigenvalue weighted by Gasteiger charge is -1.98. The standard InChI is InChI=1S/C16H18N6O2/c1-2-4-12-9-13(21-20-12)18-14(23)6-7-15-19-16(22-24-15)11-5-3-8-17-10-11/h3,5,8-10H,2,4,6-7H2,1H3,(H2,18,20,21,23). The van der Waals surface area contributed by atoms with E-state index in [1.807, 2.05) is 12.1 Å². The van der Waals surface area contributed by atoms with Crippen molar-refractivity contribution in [2.24, 2.45) is 0 Å². The Hall–Kier alpha value is -3.03. The number of aromatic amines is 1. The lowest BCUT2D eigenvalue weighted by molar-refractivity contribution is -0.116. The molecular formula is C16H18N6O2. The molecule has 3 aromatic heterocycles. The molecule has 24 heavy (non-hydrogen) atoms. The number of hydrogen-bond acceptors (Lipinski definition) is 6. The first-order valence-corrected chi connectivity index (χ1v) is 7.81. The first-order chi connectivity index (χ1) is 11.7. The van der Waals surface area contributed by atoms with Crippen LogP contribution < -0.4 is 5.32 Å². The number of anilines is 1. The van der Waals surface area contributed by atoms with Crippen molar-refractivity contribution < 1.29 is 9.32 Å². The topological polar surface area (TPSA) is 110 Å². The van der Waals surface area contributed by atoms with Gasteiger partial charge in [0, 0.05) is 42.6 Å². The average molecular weight is 326 g/mol. The molecule has 0 fully saturated rings. The molecule has 8 heteroatoms. The van der Waals surface area contributed by atoms with E-state index in [-0.39, 0.29) is 12.3 Å². The van der Waals surface area contributed by atoms with E-state index in [0.717, 1.165) is 24.1 Å². The molecule has 3 heterocycles. The minimum atomic E-state index is -0.148. The Kier molecular flexibility index (Phi) is 4.95. The molecule has 8 nitrogen and oxygen atoms in total. The first-order valence-electron chi connectivity index (χ1n) is 7.81. The molecule has 3 aromatic rings. The van der Waals surface area contributed by atoms with Crippen LogP contribution in [0.4, 0.5) is 5.82 Å². The zero-order chi connectivity index (χ0) is 16.8. The highest BCUT2D eigenvalue weighted by Crippen LogP contribution is 2.14. The number of carbonyl (C=O) groups excluding carboxylic acids is 1. The Morgan fingerprint density at radius 3 is 3.08 bits per heavy atom. The summed E-state index contributed by atoms with van der Waals surface area (Å²) in [6.45, 7) is 2.09. The number of aromatic nitrogens is 5. The molecule has 0 saturated carbocycles. The zero-order valence-corrected chi connectivity index (χ0v) is 13.3. The van der Waals surface area contributed by atoms with Crippen LogP contribution in [0, 0.1) is 0 Å². The summed E-state index contributed by atoms with van der Waals surface area (Å²) in [5.41, 5.74) is 1.78. The molecule has 0 saturated heterocycles.